The molecule has 0 aromatic heterocycles. The first-order valence-electron chi connectivity index (χ1n) is 3.53. The molecule has 0 amide bonds. The Balaban J connectivity index is 2.79. The van der Waals surface area contributed by atoms with E-state index in [0.29, 0.717) is 0 Å². The molecule has 0 aliphatic heterocycles. The van der Waals surface area contributed by atoms with Crippen molar-refractivity contribution in [2.75, 3.05) is 6.54 Å². The van der Waals surface area contributed by atoms with E-state index < -0.39 is 0 Å². The summed E-state index contributed by atoms with van der Waals surface area (Å²) in [5, 5.41) is 0. The van der Waals surface area contributed by atoms with E-state index in [1.54, 1.807) is 0 Å². The largest absolute Gasteiger partial charge is 0.352 e. The van der Waals surface area contributed by atoms with Crippen LogP contribution in [0.2, 0.25) is 0 Å². The number of hydrogen-bond donors (Lipinski definition) is 1. The Morgan fingerprint density at radius 3 is 2.55 bits per heavy atom. The Kier molecular flexibility index (Phi) is 2.81. The molecule has 0 saturated carbocycles. The molecule has 1 rings (SSSR count). The van der Waals surface area contributed by atoms with Gasteiger partial charge in [-0.3, -0.25) is 0 Å². The molecule has 1 aromatic carbocycles. The molecule has 58 valence electrons. The summed E-state index contributed by atoms with van der Waals surface area (Å²) < 4.78 is 12.6. The molecule has 0 radical (unpaired) electrons. The lowest BCUT2D eigenvalue weighted by atomic mass is 10.2. The molecule has 1 nitrogen and oxygen atoms in total. The maximum absolute atomic E-state index is 12.6. The molecule has 0 fully saturated rings. The fraction of sp³-hybridized carbons (Fsp3) is 0.111. The van der Waals surface area contributed by atoms with Gasteiger partial charge in [0.15, 0.2) is 5.83 Å². The molecule has 1 aromatic rings. The highest BCUT2D eigenvalue weighted by Gasteiger charge is 1.91. The zero-order valence-corrected chi connectivity index (χ0v) is 6.26. The highest BCUT2D eigenvalue weighted by molar-refractivity contribution is 5.50. The van der Waals surface area contributed by atoms with Gasteiger partial charge in [0.2, 0.25) is 0 Å². The molecule has 3 N–H and O–H groups in total. The van der Waals surface area contributed by atoms with Crippen molar-refractivity contribution in [2.45, 2.75) is 0 Å². The van der Waals surface area contributed by atoms with E-state index in [0.717, 1.165) is 5.56 Å². The van der Waals surface area contributed by atoms with Crippen LogP contribution in [0.3, 0.4) is 0 Å². The van der Waals surface area contributed by atoms with E-state index >= 15 is 0 Å². The van der Waals surface area contributed by atoms with Gasteiger partial charge >= 0.3 is 0 Å². The normalized spacial score (nSPS) is 11.6. The van der Waals surface area contributed by atoms with Crippen LogP contribution in [0.5, 0.6) is 0 Å². The fourth-order valence-corrected chi connectivity index (χ4v) is 0.802. The highest BCUT2D eigenvalue weighted by atomic mass is 19.1. The zero-order valence-electron chi connectivity index (χ0n) is 6.26. The number of hydrogen-bond acceptors (Lipinski definition) is 0. The summed E-state index contributed by atoms with van der Waals surface area (Å²) in [4.78, 5) is 0. The second-order valence-corrected chi connectivity index (χ2v) is 2.25. The first kappa shape index (κ1) is 7.95. The molecule has 0 aliphatic carbocycles. The summed E-state index contributed by atoms with van der Waals surface area (Å²) in [7, 11) is 0. The molecule has 0 saturated heterocycles. The van der Waals surface area contributed by atoms with Gasteiger partial charge in [-0.15, -0.1) is 0 Å². The summed E-state index contributed by atoms with van der Waals surface area (Å²) in [5.74, 6) is -0.184. The van der Waals surface area contributed by atoms with Crippen molar-refractivity contribution in [3.8, 4) is 0 Å². The van der Waals surface area contributed by atoms with Crippen molar-refractivity contribution in [2.24, 2.45) is 0 Å². The molecule has 0 aliphatic rings. The van der Waals surface area contributed by atoms with Crippen LogP contribution in [0, 0.1) is 0 Å². The maximum Gasteiger partial charge on any atom is 0.154 e. The lowest BCUT2D eigenvalue weighted by Crippen LogP contribution is -2.50. The van der Waals surface area contributed by atoms with E-state index in [1.807, 2.05) is 30.3 Å². The van der Waals surface area contributed by atoms with Crippen LogP contribution in [0.1, 0.15) is 5.56 Å². The van der Waals surface area contributed by atoms with E-state index in [2.05, 4.69) is 5.73 Å². The third kappa shape index (κ3) is 2.51. The van der Waals surface area contributed by atoms with Crippen LogP contribution in [0.4, 0.5) is 4.39 Å². The third-order valence-corrected chi connectivity index (χ3v) is 1.36. The molecule has 11 heavy (non-hydrogen) atoms. The van der Waals surface area contributed by atoms with Gasteiger partial charge in [-0.05, 0) is 11.6 Å². The second-order valence-electron chi connectivity index (χ2n) is 2.25. The summed E-state index contributed by atoms with van der Waals surface area (Å²) >= 11 is 0. The highest BCUT2D eigenvalue weighted by Crippen LogP contribution is 2.05. The summed E-state index contributed by atoms with van der Waals surface area (Å²) in [6.45, 7) is 0.217. The number of halogens is 1. The molecular formula is C9H11FN+. The summed E-state index contributed by atoms with van der Waals surface area (Å²) in [5.41, 5.74) is 4.32. The molecular weight excluding hydrogens is 141 g/mol. The first-order valence-corrected chi connectivity index (χ1v) is 3.53. The molecule has 0 spiro atoms. The van der Waals surface area contributed by atoms with E-state index in [9.17, 15) is 4.39 Å². The Hall–Kier alpha value is -1.15. The molecule has 0 heterocycles. The number of benzene rings is 1. The molecule has 0 bridgehead atoms. The third-order valence-electron chi connectivity index (χ3n) is 1.36. The molecule has 2 heteroatoms. The minimum Gasteiger partial charge on any atom is -0.352 e. The van der Waals surface area contributed by atoms with Crippen LogP contribution in [0.15, 0.2) is 36.2 Å². The lowest BCUT2D eigenvalue weighted by molar-refractivity contribution is -0.359. The predicted octanol–water partition coefficient (Wildman–Crippen LogP) is 1.24. The monoisotopic (exact) mass is 152 g/mol. The minimum atomic E-state index is -0.184. The van der Waals surface area contributed by atoms with Gasteiger partial charge in [0.05, 0.1) is 0 Å². The number of rotatable bonds is 2. The van der Waals surface area contributed by atoms with Crippen molar-refractivity contribution in [3.05, 3.63) is 41.7 Å². The lowest BCUT2D eigenvalue weighted by Gasteiger charge is -1.90. The van der Waals surface area contributed by atoms with Crippen molar-refractivity contribution in [3.63, 3.8) is 0 Å². The average molecular weight is 152 g/mol. The van der Waals surface area contributed by atoms with Crippen molar-refractivity contribution in [1.82, 2.24) is 0 Å². The number of quaternary nitrogens is 1. The van der Waals surface area contributed by atoms with Crippen LogP contribution in [-0.2, 0) is 0 Å². The first-order chi connectivity index (χ1) is 5.33. The van der Waals surface area contributed by atoms with E-state index in [1.165, 1.54) is 6.08 Å². The Morgan fingerprint density at radius 2 is 2.00 bits per heavy atom. The van der Waals surface area contributed by atoms with Crippen LogP contribution in [0.25, 0.3) is 6.08 Å². The quantitative estimate of drug-likeness (QED) is 0.660. The predicted molar refractivity (Wildman–Crippen MR) is 43.3 cm³/mol. The fourth-order valence-electron chi connectivity index (χ4n) is 0.802. The van der Waals surface area contributed by atoms with Crippen molar-refractivity contribution < 1.29 is 10.1 Å². The van der Waals surface area contributed by atoms with Gasteiger partial charge in [0.25, 0.3) is 0 Å². The Labute approximate surface area is 65.3 Å². The Bertz CT molecular complexity index is 241. The average Bonchev–Trinajstić information content (AvgIpc) is 2.06. The second kappa shape index (κ2) is 3.88. The van der Waals surface area contributed by atoms with Gasteiger partial charge in [0.1, 0.15) is 6.54 Å². The van der Waals surface area contributed by atoms with Gasteiger partial charge in [-0.2, -0.15) is 0 Å². The zero-order chi connectivity index (χ0) is 8.10. The van der Waals surface area contributed by atoms with Crippen LogP contribution < -0.4 is 5.73 Å². The smallest absolute Gasteiger partial charge is 0.154 e. The molecule has 0 unspecified atom stereocenters. The SMILES string of the molecule is [NH3+]C/C(F)=C/c1ccccc1. The summed E-state index contributed by atoms with van der Waals surface area (Å²) in [6, 6.07) is 9.37. The van der Waals surface area contributed by atoms with Gasteiger partial charge in [0, 0.05) is 0 Å². The maximum atomic E-state index is 12.6. The summed E-state index contributed by atoms with van der Waals surface area (Å²) in [6.07, 6.45) is 1.49. The van der Waals surface area contributed by atoms with Crippen LogP contribution >= 0.6 is 0 Å². The topological polar surface area (TPSA) is 27.6 Å². The standard InChI is InChI=1S/C9H10FN/c10-9(7-11)6-8-4-2-1-3-5-8/h1-6H,7,11H2/p+1/b9-6-. The van der Waals surface area contributed by atoms with Crippen molar-refractivity contribution in [1.29, 1.82) is 0 Å². The van der Waals surface area contributed by atoms with Gasteiger partial charge in [-0.25, -0.2) is 4.39 Å². The van der Waals surface area contributed by atoms with Crippen LogP contribution in [-0.4, -0.2) is 6.54 Å². The minimum absolute atomic E-state index is 0.184. The molecule has 0 atom stereocenters. The van der Waals surface area contributed by atoms with E-state index in [-0.39, 0.29) is 12.4 Å². The van der Waals surface area contributed by atoms with Crippen molar-refractivity contribution >= 4 is 6.08 Å². The van der Waals surface area contributed by atoms with Gasteiger partial charge in [-0.1, -0.05) is 30.3 Å². The Morgan fingerprint density at radius 1 is 1.36 bits per heavy atom. The van der Waals surface area contributed by atoms with E-state index in [4.69, 9.17) is 0 Å². The van der Waals surface area contributed by atoms with Gasteiger partial charge < -0.3 is 5.73 Å².